The van der Waals surface area contributed by atoms with Crippen LogP contribution in [0, 0.1) is 18.3 Å². The summed E-state index contributed by atoms with van der Waals surface area (Å²) < 4.78 is 48.0. The molecule has 1 aliphatic heterocycles. The topological polar surface area (TPSA) is 187 Å². The predicted octanol–water partition coefficient (Wildman–Crippen LogP) is 7.10. The number of hydrogen-bond acceptors (Lipinski definition) is 12. The number of fused-ring (bicyclic) bond motifs is 1. The summed E-state index contributed by atoms with van der Waals surface area (Å²) in [6.07, 6.45) is 13.6. The van der Waals surface area contributed by atoms with Crippen molar-refractivity contribution < 1.29 is 47.7 Å². The lowest BCUT2D eigenvalue weighted by molar-refractivity contribution is -0.0690. The molecule has 3 aromatic rings. The Morgan fingerprint density at radius 3 is 2.18 bits per heavy atom. The molecule has 0 spiro atoms. The van der Waals surface area contributed by atoms with Crippen molar-refractivity contribution in [2.75, 3.05) is 33.5 Å². The maximum Gasteiger partial charge on any atom is 0.472 e. The van der Waals surface area contributed by atoms with Crippen LogP contribution in [-0.2, 0) is 40.0 Å². The molecule has 55 heavy (non-hydrogen) atoms. The van der Waals surface area contributed by atoms with Crippen molar-refractivity contribution in [3.05, 3.63) is 59.7 Å². The zero-order valence-corrected chi connectivity index (χ0v) is 33.6. The van der Waals surface area contributed by atoms with Crippen molar-refractivity contribution in [2.45, 2.75) is 140 Å². The molecule has 2 aromatic heterocycles. The molecule has 14 nitrogen and oxygen atoms in total. The number of nitriles is 1. The number of benzene rings is 1. The summed E-state index contributed by atoms with van der Waals surface area (Å²) in [5.41, 5.74) is 0.209. The highest BCUT2D eigenvalue weighted by Crippen LogP contribution is 2.46. The van der Waals surface area contributed by atoms with E-state index in [1.165, 1.54) is 81.5 Å². The minimum Gasteiger partial charge on any atom is -0.497 e. The number of phosphoric acid groups is 1. The highest BCUT2D eigenvalue weighted by Gasteiger charge is 2.58. The van der Waals surface area contributed by atoms with Gasteiger partial charge in [0.15, 0.2) is 0 Å². The average Bonchev–Trinajstić information content (AvgIpc) is 3.74. The second-order valence-corrected chi connectivity index (χ2v) is 15.8. The van der Waals surface area contributed by atoms with Gasteiger partial charge in [-0.25, -0.2) is 14.1 Å². The zero-order chi connectivity index (χ0) is 39.5. The van der Waals surface area contributed by atoms with E-state index >= 15 is 0 Å². The Morgan fingerprint density at radius 1 is 0.927 bits per heavy atom. The first kappa shape index (κ1) is 44.8. The summed E-state index contributed by atoms with van der Waals surface area (Å²) in [5, 5.41) is 36.2. The second kappa shape index (κ2) is 23.3. The molecule has 0 aliphatic carbocycles. The number of aromatic nitrogens is 3. The van der Waals surface area contributed by atoms with E-state index in [9.17, 15) is 24.9 Å². The lowest BCUT2D eigenvalue weighted by Gasteiger charge is -2.24. The van der Waals surface area contributed by atoms with Gasteiger partial charge in [-0.2, -0.15) is 10.4 Å². The number of nitrogens with zero attached hydrogens (tertiary/aromatic N) is 4. The van der Waals surface area contributed by atoms with Crippen LogP contribution in [0.4, 0.5) is 0 Å². The Kier molecular flexibility index (Phi) is 19.0. The third-order valence-corrected chi connectivity index (χ3v) is 11.0. The number of aliphatic hydroxyl groups excluding tert-OH is 2. The molecule has 0 radical (unpaired) electrons. The van der Waals surface area contributed by atoms with E-state index in [1.54, 1.807) is 26.2 Å². The molecule has 1 fully saturated rings. The lowest BCUT2D eigenvalue weighted by Crippen LogP contribution is -2.41. The maximum atomic E-state index is 13.0. The molecular formula is C40H61N4O10P. The van der Waals surface area contributed by atoms with Gasteiger partial charge >= 0.3 is 7.82 Å². The third kappa shape index (κ3) is 13.6. The molecule has 4 rings (SSSR count). The number of phosphoric ester groups is 1. The van der Waals surface area contributed by atoms with Gasteiger partial charge in [-0.3, -0.25) is 9.05 Å². The Labute approximate surface area is 325 Å². The molecule has 0 bridgehead atoms. The van der Waals surface area contributed by atoms with E-state index in [2.05, 4.69) is 17.0 Å². The highest BCUT2D eigenvalue weighted by atomic mass is 31.2. The first-order valence-electron chi connectivity index (χ1n) is 19.8. The van der Waals surface area contributed by atoms with Crippen LogP contribution in [0.15, 0.2) is 42.7 Å². The van der Waals surface area contributed by atoms with Gasteiger partial charge in [0.25, 0.3) is 0 Å². The Balaban J connectivity index is 1.21. The van der Waals surface area contributed by atoms with Gasteiger partial charge < -0.3 is 34.1 Å². The minimum absolute atomic E-state index is 0.129. The summed E-state index contributed by atoms with van der Waals surface area (Å²) in [4.78, 5) is 14.7. The Bertz CT molecular complexity index is 1640. The fourth-order valence-electron chi connectivity index (χ4n) is 6.73. The summed E-state index contributed by atoms with van der Waals surface area (Å²) in [6, 6.07) is 12.5. The van der Waals surface area contributed by atoms with E-state index < -0.39 is 44.4 Å². The summed E-state index contributed by atoms with van der Waals surface area (Å²) in [5.74, 6) is 0.709. The predicted molar refractivity (Wildman–Crippen MR) is 206 cm³/mol. The van der Waals surface area contributed by atoms with Crippen molar-refractivity contribution in [1.29, 1.82) is 5.26 Å². The Hall–Kier alpha value is -2.96. The van der Waals surface area contributed by atoms with Crippen molar-refractivity contribution in [3.8, 4) is 11.8 Å². The molecule has 1 saturated heterocycles. The smallest absolute Gasteiger partial charge is 0.472 e. The summed E-state index contributed by atoms with van der Waals surface area (Å²) in [6.45, 7) is 3.89. The average molecular weight is 789 g/mol. The zero-order valence-electron chi connectivity index (χ0n) is 32.7. The fourth-order valence-corrected chi connectivity index (χ4v) is 7.50. The van der Waals surface area contributed by atoms with Crippen LogP contribution in [0.5, 0.6) is 5.75 Å². The minimum atomic E-state index is -4.72. The van der Waals surface area contributed by atoms with Crippen LogP contribution >= 0.6 is 7.82 Å². The first-order chi connectivity index (χ1) is 26.6. The normalized spacial score (nSPS) is 21.4. The molecule has 1 aromatic carbocycles. The molecule has 1 unspecified atom stereocenters. The van der Waals surface area contributed by atoms with Crippen LogP contribution in [0.2, 0.25) is 0 Å². The van der Waals surface area contributed by atoms with Crippen molar-refractivity contribution in [2.24, 2.45) is 0 Å². The van der Waals surface area contributed by atoms with Crippen molar-refractivity contribution in [3.63, 3.8) is 0 Å². The van der Waals surface area contributed by atoms with Crippen LogP contribution < -0.4 is 4.74 Å². The molecule has 3 N–H and O–H groups in total. The fraction of sp³-hybridized carbons (Fsp3) is 0.675. The van der Waals surface area contributed by atoms with E-state index in [0.717, 1.165) is 24.8 Å². The molecular weight excluding hydrogens is 727 g/mol. The van der Waals surface area contributed by atoms with Crippen molar-refractivity contribution in [1.82, 2.24) is 14.6 Å². The van der Waals surface area contributed by atoms with Gasteiger partial charge in [0, 0.05) is 6.61 Å². The van der Waals surface area contributed by atoms with Crippen LogP contribution in [-0.4, -0.2) is 87.7 Å². The van der Waals surface area contributed by atoms with Gasteiger partial charge in [-0.1, -0.05) is 103 Å². The SMILES string of the molecule is CCCCCCCCCCCCCCCCOC[C@H](COP(=O)(O)OC[C@H]1O[C@@](C#N)(c2ccc3c(C)ncnn23)[C@H](O)[C@@H]1O)OCc1ccc(OC)cc1. The van der Waals surface area contributed by atoms with Crippen LogP contribution in [0.3, 0.4) is 0 Å². The lowest BCUT2D eigenvalue weighted by atomic mass is 9.92. The van der Waals surface area contributed by atoms with E-state index in [4.69, 9.17) is 28.0 Å². The third-order valence-electron chi connectivity index (χ3n) is 10.1. The van der Waals surface area contributed by atoms with E-state index in [-0.39, 0.29) is 25.5 Å². The van der Waals surface area contributed by atoms with E-state index in [1.807, 2.05) is 30.3 Å². The molecule has 0 saturated carbocycles. The number of aryl methyl sites for hydroxylation is 1. The number of methoxy groups -OCH3 is 1. The van der Waals surface area contributed by atoms with Gasteiger partial charge in [0.2, 0.25) is 5.60 Å². The summed E-state index contributed by atoms with van der Waals surface area (Å²) in [7, 11) is -3.13. The summed E-state index contributed by atoms with van der Waals surface area (Å²) >= 11 is 0. The molecule has 3 heterocycles. The van der Waals surface area contributed by atoms with Gasteiger partial charge in [0.05, 0.1) is 50.4 Å². The number of aliphatic hydroxyl groups is 2. The number of rotatable bonds is 28. The number of hydrogen-bond donors (Lipinski definition) is 3. The van der Waals surface area contributed by atoms with Gasteiger partial charge in [0.1, 0.15) is 42.6 Å². The number of unbranched alkanes of at least 4 members (excludes halogenated alkanes) is 13. The van der Waals surface area contributed by atoms with Crippen LogP contribution in [0.1, 0.15) is 114 Å². The van der Waals surface area contributed by atoms with Crippen LogP contribution in [0.25, 0.3) is 5.52 Å². The Morgan fingerprint density at radius 2 is 1.56 bits per heavy atom. The van der Waals surface area contributed by atoms with Gasteiger partial charge in [-0.05, 0) is 43.2 Å². The maximum absolute atomic E-state index is 13.0. The molecule has 6 atom stereocenters. The second-order valence-electron chi connectivity index (χ2n) is 14.3. The molecule has 306 valence electrons. The molecule has 1 aliphatic rings. The molecule has 15 heteroatoms. The van der Waals surface area contributed by atoms with Gasteiger partial charge in [-0.15, -0.1) is 0 Å². The van der Waals surface area contributed by atoms with Crippen molar-refractivity contribution >= 4 is 13.3 Å². The monoisotopic (exact) mass is 788 g/mol. The molecule has 0 amide bonds. The largest absolute Gasteiger partial charge is 0.497 e. The first-order valence-corrected chi connectivity index (χ1v) is 21.3. The van der Waals surface area contributed by atoms with E-state index in [0.29, 0.717) is 23.6 Å². The standard InChI is InChI=1S/C40H61N4O10P/c1-4-5-6-7-8-9-10-11-12-13-14-15-16-17-24-50-26-34(51-25-32-18-20-33(49-3)21-19-32)27-52-55(47,48)53-28-36-38(45)39(46)40(29-41,54-36)37-23-22-35-31(2)42-30-43-44(35)37/h18-23,30,34,36,38-39,45-46H,4-17,24-28H2,1-3H3,(H,47,48)/t34-,36-,38-,39-,40+/m1/s1. The number of ether oxygens (including phenoxy) is 4. The highest BCUT2D eigenvalue weighted by molar-refractivity contribution is 7.47. The quantitative estimate of drug-likeness (QED) is 0.0500.